The van der Waals surface area contributed by atoms with Crippen molar-refractivity contribution >= 4 is 23.1 Å². The van der Waals surface area contributed by atoms with Crippen molar-refractivity contribution in [2.75, 3.05) is 12.3 Å². The van der Waals surface area contributed by atoms with Gasteiger partial charge in [-0.05, 0) is 24.6 Å². The minimum Gasteiger partial charge on any atom is -0.466 e. The summed E-state index contributed by atoms with van der Waals surface area (Å²) in [6.45, 7) is 2.17. The predicted octanol–water partition coefficient (Wildman–Crippen LogP) is 2.68. The zero-order valence-corrected chi connectivity index (χ0v) is 13.4. The van der Waals surface area contributed by atoms with E-state index in [-0.39, 0.29) is 12.4 Å². The number of carbonyl (C=O) groups is 1. The molecule has 0 aliphatic carbocycles. The molecular weight excluding hydrogens is 312 g/mol. The van der Waals surface area contributed by atoms with Gasteiger partial charge in [-0.2, -0.15) is 5.10 Å². The van der Waals surface area contributed by atoms with Gasteiger partial charge < -0.3 is 10.5 Å². The quantitative estimate of drug-likeness (QED) is 0.728. The maximum atomic E-state index is 11.6. The fraction of sp³-hybridized carbons (Fsp3) is 0.188. The Balaban J connectivity index is 1.89. The Labute approximate surface area is 137 Å². The van der Waals surface area contributed by atoms with E-state index in [4.69, 9.17) is 10.5 Å². The minimum absolute atomic E-state index is 0.224. The van der Waals surface area contributed by atoms with Crippen LogP contribution >= 0.6 is 11.3 Å². The van der Waals surface area contributed by atoms with Gasteiger partial charge in [-0.3, -0.25) is 4.79 Å². The number of nitrogen functional groups attached to an aromatic ring is 1. The van der Waals surface area contributed by atoms with E-state index in [2.05, 4.69) is 10.1 Å². The standard InChI is InChI=1S/C16H16N4O2S/c1-2-22-16(21)7-11-4-3-5-12(6-11)20-15(17)8-13(19-20)14-9-23-10-18-14/h3-6,8-10H,2,7,17H2,1H3. The number of carbonyl (C=O) groups excluding carboxylic acids is 1. The van der Waals surface area contributed by atoms with Gasteiger partial charge >= 0.3 is 5.97 Å². The Hall–Kier alpha value is -2.67. The Morgan fingerprint density at radius 2 is 2.22 bits per heavy atom. The van der Waals surface area contributed by atoms with E-state index in [9.17, 15) is 4.79 Å². The second-order valence-electron chi connectivity index (χ2n) is 4.89. The fourth-order valence-corrected chi connectivity index (χ4v) is 2.79. The van der Waals surface area contributed by atoms with Crippen LogP contribution in [0.25, 0.3) is 17.1 Å². The molecule has 0 amide bonds. The molecule has 3 rings (SSSR count). The van der Waals surface area contributed by atoms with Crippen LogP contribution in [0, 0.1) is 0 Å². The van der Waals surface area contributed by atoms with Crippen LogP contribution in [0.5, 0.6) is 0 Å². The number of hydrogen-bond acceptors (Lipinski definition) is 6. The van der Waals surface area contributed by atoms with Gasteiger partial charge in [0.05, 0.1) is 24.2 Å². The van der Waals surface area contributed by atoms with Crippen molar-refractivity contribution in [1.82, 2.24) is 14.8 Å². The number of anilines is 1. The summed E-state index contributed by atoms with van der Waals surface area (Å²) in [6.07, 6.45) is 0.224. The van der Waals surface area contributed by atoms with Crippen LogP contribution in [0.15, 0.2) is 41.2 Å². The summed E-state index contributed by atoms with van der Waals surface area (Å²) in [5.41, 5.74) is 11.0. The summed E-state index contributed by atoms with van der Waals surface area (Å²) in [4.78, 5) is 15.8. The third kappa shape index (κ3) is 3.40. The lowest BCUT2D eigenvalue weighted by molar-refractivity contribution is -0.142. The molecule has 0 saturated carbocycles. The monoisotopic (exact) mass is 328 g/mol. The van der Waals surface area contributed by atoms with Gasteiger partial charge in [0.15, 0.2) is 0 Å². The van der Waals surface area contributed by atoms with Crippen molar-refractivity contribution in [3.63, 3.8) is 0 Å². The van der Waals surface area contributed by atoms with Crippen molar-refractivity contribution in [1.29, 1.82) is 0 Å². The lowest BCUT2D eigenvalue weighted by Gasteiger charge is -2.07. The van der Waals surface area contributed by atoms with Gasteiger partial charge in [-0.15, -0.1) is 11.3 Å². The summed E-state index contributed by atoms with van der Waals surface area (Å²) in [7, 11) is 0. The molecule has 0 unspecified atom stereocenters. The van der Waals surface area contributed by atoms with E-state index in [0.29, 0.717) is 12.4 Å². The van der Waals surface area contributed by atoms with Gasteiger partial charge in [-0.25, -0.2) is 9.67 Å². The number of benzene rings is 1. The molecule has 6 nitrogen and oxygen atoms in total. The van der Waals surface area contributed by atoms with E-state index >= 15 is 0 Å². The second kappa shape index (κ2) is 6.62. The Bertz CT molecular complexity index is 811. The molecule has 0 fully saturated rings. The molecule has 3 aromatic rings. The highest BCUT2D eigenvalue weighted by Crippen LogP contribution is 2.23. The van der Waals surface area contributed by atoms with E-state index in [1.165, 1.54) is 11.3 Å². The van der Waals surface area contributed by atoms with Crippen molar-refractivity contribution < 1.29 is 9.53 Å². The third-order valence-corrected chi connectivity index (χ3v) is 3.83. The molecule has 2 aromatic heterocycles. The normalized spacial score (nSPS) is 10.7. The molecule has 0 atom stereocenters. The highest BCUT2D eigenvalue weighted by molar-refractivity contribution is 7.07. The van der Waals surface area contributed by atoms with Crippen molar-refractivity contribution in [2.24, 2.45) is 0 Å². The summed E-state index contributed by atoms with van der Waals surface area (Å²) in [5.74, 6) is 0.266. The summed E-state index contributed by atoms with van der Waals surface area (Å²) in [6, 6.07) is 9.30. The van der Waals surface area contributed by atoms with Gasteiger partial charge in [0.1, 0.15) is 17.2 Å². The average Bonchev–Trinajstić information content (AvgIpc) is 3.17. The molecule has 0 bridgehead atoms. The van der Waals surface area contributed by atoms with Gasteiger partial charge in [0, 0.05) is 11.4 Å². The minimum atomic E-state index is -0.249. The zero-order chi connectivity index (χ0) is 16.2. The molecular formula is C16H16N4O2S. The number of nitrogens with zero attached hydrogens (tertiary/aromatic N) is 3. The first-order valence-electron chi connectivity index (χ1n) is 7.16. The molecule has 0 saturated heterocycles. The summed E-state index contributed by atoms with van der Waals surface area (Å²) >= 11 is 1.51. The molecule has 0 aliphatic rings. The first-order valence-corrected chi connectivity index (χ1v) is 8.10. The van der Waals surface area contributed by atoms with E-state index in [0.717, 1.165) is 22.6 Å². The van der Waals surface area contributed by atoms with E-state index in [1.807, 2.05) is 29.6 Å². The average molecular weight is 328 g/mol. The second-order valence-corrected chi connectivity index (χ2v) is 5.61. The molecule has 2 N–H and O–H groups in total. The predicted molar refractivity (Wildman–Crippen MR) is 89.4 cm³/mol. The van der Waals surface area contributed by atoms with Gasteiger partial charge in [0.25, 0.3) is 0 Å². The highest BCUT2D eigenvalue weighted by atomic mass is 32.1. The molecule has 23 heavy (non-hydrogen) atoms. The Morgan fingerprint density at radius 1 is 1.35 bits per heavy atom. The highest BCUT2D eigenvalue weighted by Gasteiger charge is 2.11. The van der Waals surface area contributed by atoms with Crippen molar-refractivity contribution in [3.05, 3.63) is 46.8 Å². The van der Waals surface area contributed by atoms with E-state index in [1.54, 1.807) is 23.2 Å². The SMILES string of the molecule is CCOC(=O)Cc1cccc(-n2nc(-c3cscn3)cc2N)c1. The maximum Gasteiger partial charge on any atom is 0.310 e. The molecule has 2 heterocycles. The molecule has 7 heteroatoms. The van der Waals surface area contributed by atoms with Crippen LogP contribution in [0.3, 0.4) is 0 Å². The number of rotatable bonds is 5. The lowest BCUT2D eigenvalue weighted by atomic mass is 10.1. The number of hydrogen-bond donors (Lipinski definition) is 1. The largest absolute Gasteiger partial charge is 0.466 e. The smallest absolute Gasteiger partial charge is 0.310 e. The fourth-order valence-electron chi connectivity index (χ4n) is 2.24. The van der Waals surface area contributed by atoms with Crippen LogP contribution in [-0.2, 0) is 16.0 Å². The maximum absolute atomic E-state index is 11.6. The number of esters is 1. The molecule has 0 radical (unpaired) electrons. The first kappa shape index (κ1) is 15.2. The van der Waals surface area contributed by atoms with Crippen LogP contribution in [0.2, 0.25) is 0 Å². The first-order chi connectivity index (χ1) is 11.2. The van der Waals surface area contributed by atoms with Gasteiger partial charge in [0.2, 0.25) is 0 Å². The van der Waals surface area contributed by atoms with E-state index < -0.39 is 0 Å². The number of thiazole rings is 1. The number of aromatic nitrogens is 3. The zero-order valence-electron chi connectivity index (χ0n) is 12.6. The molecule has 0 spiro atoms. The topological polar surface area (TPSA) is 83.0 Å². The number of ether oxygens (including phenoxy) is 1. The summed E-state index contributed by atoms with van der Waals surface area (Å²) in [5, 5.41) is 6.42. The molecule has 0 aliphatic heterocycles. The van der Waals surface area contributed by atoms with Crippen LogP contribution in [-0.4, -0.2) is 27.3 Å². The number of nitrogens with two attached hydrogens (primary N) is 1. The van der Waals surface area contributed by atoms with Crippen LogP contribution in [0.4, 0.5) is 5.82 Å². The summed E-state index contributed by atoms with van der Waals surface area (Å²) < 4.78 is 6.62. The molecule has 1 aromatic carbocycles. The third-order valence-electron chi connectivity index (χ3n) is 3.24. The van der Waals surface area contributed by atoms with Crippen LogP contribution < -0.4 is 5.73 Å². The molecule has 118 valence electrons. The van der Waals surface area contributed by atoms with Crippen molar-refractivity contribution in [2.45, 2.75) is 13.3 Å². The van der Waals surface area contributed by atoms with Crippen molar-refractivity contribution in [3.8, 4) is 17.1 Å². The van der Waals surface area contributed by atoms with Crippen LogP contribution in [0.1, 0.15) is 12.5 Å². The Kier molecular flexibility index (Phi) is 4.38. The lowest BCUT2D eigenvalue weighted by Crippen LogP contribution is -2.08. The van der Waals surface area contributed by atoms with Gasteiger partial charge in [-0.1, -0.05) is 12.1 Å². The Morgan fingerprint density at radius 3 is 2.96 bits per heavy atom.